The molecule has 0 saturated heterocycles. The number of hydrogen-bond acceptors (Lipinski definition) is 2. The van der Waals surface area contributed by atoms with Crippen LogP contribution in [0.3, 0.4) is 0 Å². The van der Waals surface area contributed by atoms with Gasteiger partial charge in [0.05, 0.1) is 0 Å². The second-order valence-electron chi connectivity index (χ2n) is 4.84. The number of aryl methyl sites for hydroxylation is 1. The molecule has 4 heteroatoms. The quantitative estimate of drug-likeness (QED) is 0.600. The van der Waals surface area contributed by atoms with Crippen molar-refractivity contribution < 1.29 is 9.53 Å². The summed E-state index contributed by atoms with van der Waals surface area (Å²) in [5.74, 6) is 0.166. The highest BCUT2D eigenvalue weighted by atomic mass is 16.6. The Labute approximate surface area is 101 Å². The van der Waals surface area contributed by atoms with Crippen LogP contribution in [0.2, 0.25) is 0 Å². The largest absolute Gasteiger partial charge is 0.442 e. The fourth-order valence-electron chi connectivity index (χ4n) is 1.17. The summed E-state index contributed by atoms with van der Waals surface area (Å²) in [6, 6.07) is 7.46. The van der Waals surface area contributed by atoms with Gasteiger partial charge in [-0.3, -0.25) is 0 Å². The predicted molar refractivity (Wildman–Crippen MR) is 68.1 cm³/mol. The number of aliphatic imine (C=N–C) groups is 1. The van der Waals surface area contributed by atoms with Gasteiger partial charge in [0.2, 0.25) is 0 Å². The molecule has 0 fully saturated rings. The first-order valence-corrected chi connectivity index (χ1v) is 5.42. The normalized spacial score (nSPS) is 12.4. The lowest BCUT2D eigenvalue weighted by Crippen LogP contribution is -2.24. The van der Waals surface area contributed by atoms with Crippen LogP contribution in [0.25, 0.3) is 0 Å². The van der Waals surface area contributed by atoms with Gasteiger partial charge in [-0.05, 0) is 27.7 Å². The smallest absolute Gasteiger partial charge is 0.436 e. The van der Waals surface area contributed by atoms with Crippen molar-refractivity contribution in [3.05, 3.63) is 35.4 Å². The van der Waals surface area contributed by atoms with Gasteiger partial charge in [0.15, 0.2) is 0 Å². The topological polar surface area (TPSA) is 64.7 Å². The molecule has 1 rings (SSSR count). The Kier molecular flexibility index (Phi) is 3.89. The van der Waals surface area contributed by atoms with Gasteiger partial charge < -0.3 is 10.5 Å². The van der Waals surface area contributed by atoms with Crippen molar-refractivity contribution in [3.8, 4) is 0 Å². The molecule has 0 aliphatic rings. The van der Waals surface area contributed by atoms with Crippen molar-refractivity contribution in [3.63, 3.8) is 0 Å². The number of hydrogen-bond donors (Lipinski definition) is 1. The molecule has 4 nitrogen and oxygen atoms in total. The van der Waals surface area contributed by atoms with Crippen LogP contribution in [-0.4, -0.2) is 17.5 Å². The zero-order valence-electron chi connectivity index (χ0n) is 10.7. The van der Waals surface area contributed by atoms with Crippen LogP contribution in [0.1, 0.15) is 31.9 Å². The molecular weight excluding hydrogens is 216 g/mol. The van der Waals surface area contributed by atoms with E-state index >= 15 is 0 Å². The number of nitrogens with two attached hydrogens (primary N) is 1. The van der Waals surface area contributed by atoms with Gasteiger partial charge >= 0.3 is 6.09 Å². The summed E-state index contributed by atoms with van der Waals surface area (Å²) in [6.07, 6.45) is -0.671. The Hall–Kier alpha value is -1.84. The first-order chi connectivity index (χ1) is 7.78. The Morgan fingerprint density at radius 3 is 2.24 bits per heavy atom. The maximum Gasteiger partial charge on any atom is 0.436 e. The molecule has 0 aromatic heterocycles. The van der Waals surface area contributed by atoms with Gasteiger partial charge in [-0.15, -0.1) is 0 Å². The predicted octanol–water partition coefficient (Wildman–Crippen LogP) is 2.64. The molecule has 1 amide bonds. The van der Waals surface area contributed by atoms with Gasteiger partial charge in [0.25, 0.3) is 0 Å². The van der Waals surface area contributed by atoms with Gasteiger partial charge in [-0.1, -0.05) is 29.8 Å². The highest BCUT2D eigenvalue weighted by Gasteiger charge is 2.16. The lowest BCUT2D eigenvalue weighted by molar-refractivity contribution is 0.0604. The third-order valence-corrected chi connectivity index (χ3v) is 1.95. The first kappa shape index (κ1) is 13.2. The van der Waals surface area contributed by atoms with Crippen molar-refractivity contribution in [1.82, 2.24) is 0 Å². The van der Waals surface area contributed by atoms with Crippen LogP contribution >= 0.6 is 0 Å². The molecule has 1 aromatic carbocycles. The number of ether oxygens (including phenoxy) is 1. The number of benzene rings is 1. The number of rotatable bonds is 1. The highest BCUT2D eigenvalue weighted by molar-refractivity contribution is 6.02. The monoisotopic (exact) mass is 234 g/mol. The zero-order chi connectivity index (χ0) is 13.1. The summed E-state index contributed by atoms with van der Waals surface area (Å²) in [7, 11) is 0. The van der Waals surface area contributed by atoms with E-state index in [2.05, 4.69) is 4.99 Å². The van der Waals surface area contributed by atoms with E-state index < -0.39 is 11.7 Å². The van der Waals surface area contributed by atoms with Crippen molar-refractivity contribution >= 4 is 11.9 Å². The van der Waals surface area contributed by atoms with Gasteiger partial charge in [-0.25, -0.2) is 4.79 Å². The number of amidine groups is 1. The molecule has 2 N–H and O–H groups in total. The van der Waals surface area contributed by atoms with Crippen LogP contribution in [0.4, 0.5) is 4.79 Å². The van der Waals surface area contributed by atoms with E-state index in [1.165, 1.54) is 0 Å². The van der Waals surface area contributed by atoms with E-state index in [0.29, 0.717) is 5.56 Å². The molecule has 0 saturated carbocycles. The molecule has 17 heavy (non-hydrogen) atoms. The lowest BCUT2D eigenvalue weighted by atomic mass is 10.1. The minimum Gasteiger partial charge on any atom is -0.442 e. The van der Waals surface area contributed by atoms with E-state index in [1.54, 1.807) is 20.8 Å². The standard InChI is InChI=1S/C13H18N2O2/c1-9-5-7-10(8-6-9)11(14)15-12(16)17-13(2,3)4/h5-8H,1-4H3,(H2,14,15,16). The van der Waals surface area contributed by atoms with Crippen LogP contribution in [-0.2, 0) is 4.74 Å². The average molecular weight is 234 g/mol. The van der Waals surface area contributed by atoms with E-state index in [0.717, 1.165) is 5.56 Å². The third-order valence-electron chi connectivity index (χ3n) is 1.95. The van der Waals surface area contributed by atoms with Crippen molar-refractivity contribution in [2.24, 2.45) is 10.7 Å². The number of nitrogens with zero attached hydrogens (tertiary/aromatic N) is 1. The Morgan fingerprint density at radius 2 is 1.76 bits per heavy atom. The van der Waals surface area contributed by atoms with Gasteiger partial charge in [-0.2, -0.15) is 4.99 Å². The summed E-state index contributed by atoms with van der Waals surface area (Å²) in [4.78, 5) is 15.1. The van der Waals surface area contributed by atoms with Gasteiger partial charge in [0.1, 0.15) is 11.4 Å². The number of carbonyl (C=O) groups is 1. The first-order valence-electron chi connectivity index (χ1n) is 5.42. The van der Waals surface area contributed by atoms with Crippen LogP contribution in [0, 0.1) is 6.92 Å². The fraction of sp³-hybridized carbons (Fsp3) is 0.385. The molecule has 0 aliphatic heterocycles. The van der Waals surface area contributed by atoms with Crippen molar-refractivity contribution in [2.45, 2.75) is 33.3 Å². The summed E-state index contributed by atoms with van der Waals surface area (Å²) in [5, 5.41) is 0. The molecule has 0 atom stereocenters. The molecule has 1 aromatic rings. The molecule has 92 valence electrons. The maximum absolute atomic E-state index is 11.4. The second-order valence-corrected chi connectivity index (χ2v) is 4.84. The molecule has 0 unspecified atom stereocenters. The second kappa shape index (κ2) is 4.99. The summed E-state index contributed by atoms with van der Waals surface area (Å²) in [6.45, 7) is 7.32. The number of amides is 1. The third kappa shape index (κ3) is 4.68. The van der Waals surface area contributed by atoms with Crippen LogP contribution in [0.5, 0.6) is 0 Å². The van der Waals surface area contributed by atoms with E-state index in [4.69, 9.17) is 10.5 Å². The lowest BCUT2D eigenvalue weighted by Gasteiger charge is -2.17. The molecule has 0 spiro atoms. The Morgan fingerprint density at radius 1 is 1.24 bits per heavy atom. The molecule has 0 aliphatic carbocycles. The van der Waals surface area contributed by atoms with E-state index in [9.17, 15) is 4.79 Å². The Balaban J connectivity index is 2.79. The molecule has 0 heterocycles. The van der Waals surface area contributed by atoms with Crippen LogP contribution < -0.4 is 5.73 Å². The molecule has 0 bridgehead atoms. The molecule has 0 radical (unpaired) electrons. The van der Waals surface area contributed by atoms with Gasteiger partial charge in [0, 0.05) is 5.56 Å². The SMILES string of the molecule is Cc1ccc(/C(N)=N/C(=O)OC(C)(C)C)cc1. The van der Waals surface area contributed by atoms with E-state index in [1.807, 2.05) is 31.2 Å². The van der Waals surface area contributed by atoms with E-state index in [-0.39, 0.29) is 5.84 Å². The summed E-state index contributed by atoms with van der Waals surface area (Å²) >= 11 is 0. The van der Waals surface area contributed by atoms with Crippen molar-refractivity contribution in [2.75, 3.05) is 0 Å². The molecular formula is C13H18N2O2. The minimum atomic E-state index is -0.671. The maximum atomic E-state index is 11.4. The number of carbonyl (C=O) groups excluding carboxylic acids is 1. The zero-order valence-corrected chi connectivity index (χ0v) is 10.7. The van der Waals surface area contributed by atoms with Crippen LogP contribution in [0.15, 0.2) is 29.3 Å². The van der Waals surface area contributed by atoms with Crippen molar-refractivity contribution in [1.29, 1.82) is 0 Å². The minimum absolute atomic E-state index is 0.166. The Bertz CT molecular complexity index is 428. The highest BCUT2D eigenvalue weighted by Crippen LogP contribution is 2.09. The summed E-state index contributed by atoms with van der Waals surface area (Å²) < 4.78 is 5.05. The fourth-order valence-corrected chi connectivity index (χ4v) is 1.17. The average Bonchev–Trinajstić information content (AvgIpc) is 2.15. The summed E-state index contributed by atoms with van der Waals surface area (Å²) in [5.41, 5.74) is 6.99.